The molecule has 0 saturated carbocycles. The summed E-state index contributed by atoms with van der Waals surface area (Å²) in [5.41, 5.74) is 2.46. The van der Waals surface area contributed by atoms with Crippen molar-refractivity contribution in [1.29, 1.82) is 0 Å². The molecule has 3 N–H and O–H groups in total. The van der Waals surface area contributed by atoms with Crippen molar-refractivity contribution in [1.82, 2.24) is 10.2 Å². The number of amides is 3. The molecule has 1 heterocycles. The van der Waals surface area contributed by atoms with E-state index in [-0.39, 0.29) is 24.3 Å². The van der Waals surface area contributed by atoms with Crippen LogP contribution in [0, 0.1) is 5.92 Å². The fourth-order valence-electron chi connectivity index (χ4n) is 3.77. The van der Waals surface area contributed by atoms with Crippen molar-refractivity contribution < 1.29 is 19.1 Å². The Hall–Kier alpha value is -3.39. The van der Waals surface area contributed by atoms with Gasteiger partial charge in [-0.25, -0.2) is 0 Å². The lowest BCUT2D eigenvalue weighted by molar-refractivity contribution is -0.114. The molecule has 1 saturated heterocycles. The number of ether oxygens (including phenoxy) is 1. The first-order chi connectivity index (χ1) is 16.5. The van der Waals surface area contributed by atoms with Crippen LogP contribution in [0.5, 0.6) is 0 Å². The van der Waals surface area contributed by atoms with E-state index < -0.39 is 0 Å². The van der Waals surface area contributed by atoms with Gasteiger partial charge in [0.05, 0.1) is 6.54 Å². The molecule has 2 aromatic carbocycles. The summed E-state index contributed by atoms with van der Waals surface area (Å²) < 4.78 is 4.96. The third-order valence-electron chi connectivity index (χ3n) is 5.88. The van der Waals surface area contributed by atoms with E-state index in [2.05, 4.69) is 22.9 Å². The summed E-state index contributed by atoms with van der Waals surface area (Å²) in [6.45, 7) is 4.98. The average Bonchev–Trinajstić information content (AvgIpc) is 2.86. The van der Waals surface area contributed by atoms with Crippen LogP contribution in [-0.4, -0.2) is 62.5 Å². The lowest BCUT2D eigenvalue weighted by Gasteiger charge is -2.30. The molecule has 34 heavy (non-hydrogen) atoms. The van der Waals surface area contributed by atoms with Crippen LogP contribution in [0.2, 0.25) is 0 Å². The highest BCUT2D eigenvalue weighted by atomic mass is 16.5. The van der Waals surface area contributed by atoms with E-state index in [1.165, 1.54) is 0 Å². The first-order valence-corrected chi connectivity index (χ1v) is 11.8. The predicted octanol–water partition coefficient (Wildman–Crippen LogP) is 3.38. The van der Waals surface area contributed by atoms with Gasteiger partial charge in [0.1, 0.15) is 0 Å². The minimum Gasteiger partial charge on any atom is -0.385 e. The van der Waals surface area contributed by atoms with Crippen LogP contribution in [0.1, 0.15) is 46.9 Å². The first-order valence-electron chi connectivity index (χ1n) is 11.8. The van der Waals surface area contributed by atoms with E-state index in [0.29, 0.717) is 41.6 Å². The second-order valence-corrected chi connectivity index (χ2v) is 8.64. The third kappa shape index (κ3) is 7.59. The summed E-state index contributed by atoms with van der Waals surface area (Å²) in [6, 6.07) is 14.0. The van der Waals surface area contributed by atoms with Crippen molar-refractivity contribution in [3.8, 4) is 0 Å². The molecule has 2 aromatic rings. The zero-order chi connectivity index (χ0) is 24.3. The number of nitrogens with zero attached hydrogens (tertiary/aromatic N) is 1. The number of carbonyl (C=O) groups is 3. The number of piperidine rings is 1. The Balaban J connectivity index is 1.46. The number of hydrogen-bond acceptors (Lipinski definition) is 5. The second-order valence-electron chi connectivity index (χ2n) is 8.64. The molecule has 0 radical (unpaired) electrons. The Kier molecular flexibility index (Phi) is 9.46. The molecule has 0 aliphatic carbocycles. The standard InChI is InChI=1S/C26H34N4O4/c1-19-11-14-30(15-12-19)26(33)21-5-3-6-23(17-21)28-18-24(31)29-22-9-7-20(8-10-22)25(32)27-13-4-16-34-2/h3,5-10,17,19,28H,4,11-16,18H2,1-2H3,(H,27,32)(H,29,31). The van der Waals surface area contributed by atoms with Gasteiger partial charge in [-0.15, -0.1) is 0 Å². The number of carbonyl (C=O) groups excluding carboxylic acids is 3. The number of anilines is 2. The van der Waals surface area contributed by atoms with Crippen LogP contribution in [0.25, 0.3) is 0 Å². The van der Waals surface area contributed by atoms with Gasteiger partial charge < -0.3 is 25.6 Å². The first kappa shape index (κ1) is 25.2. The van der Waals surface area contributed by atoms with Crippen molar-refractivity contribution in [3.63, 3.8) is 0 Å². The van der Waals surface area contributed by atoms with E-state index in [4.69, 9.17) is 4.74 Å². The number of benzene rings is 2. The molecule has 3 amide bonds. The van der Waals surface area contributed by atoms with E-state index in [1.807, 2.05) is 17.0 Å². The van der Waals surface area contributed by atoms with Crippen LogP contribution in [0.15, 0.2) is 48.5 Å². The largest absolute Gasteiger partial charge is 0.385 e. The minimum atomic E-state index is -0.224. The van der Waals surface area contributed by atoms with Gasteiger partial charge in [-0.1, -0.05) is 13.0 Å². The Morgan fingerprint density at radius 1 is 1.00 bits per heavy atom. The van der Waals surface area contributed by atoms with Crippen LogP contribution < -0.4 is 16.0 Å². The molecule has 3 rings (SSSR count). The highest BCUT2D eigenvalue weighted by Crippen LogP contribution is 2.19. The zero-order valence-electron chi connectivity index (χ0n) is 19.9. The fourth-order valence-corrected chi connectivity index (χ4v) is 3.77. The van der Waals surface area contributed by atoms with Gasteiger partial charge in [0.2, 0.25) is 5.91 Å². The van der Waals surface area contributed by atoms with Gasteiger partial charge in [0, 0.05) is 55.9 Å². The molecule has 182 valence electrons. The third-order valence-corrected chi connectivity index (χ3v) is 5.88. The highest BCUT2D eigenvalue weighted by molar-refractivity contribution is 5.97. The summed E-state index contributed by atoms with van der Waals surface area (Å²) in [7, 11) is 1.62. The summed E-state index contributed by atoms with van der Waals surface area (Å²) in [5.74, 6) is 0.306. The smallest absolute Gasteiger partial charge is 0.253 e. The van der Waals surface area contributed by atoms with Gasteiger partial charge in [-0.3, -0.25) is 14.4 Å². The lowest BCUT2D eigenvalue weighted by atomic mass is 9.98. The number of methoxy groups -OCH3 is 1. The second kappa shape index (κ2) is 12.7. The van der Waals surface area contributed by atoms with Crippen LogP contribution in [0.3, 0.4) is 0 Å². The number of nitrogens with one attached hydrogen (secondary N) is 3. The summed E-state index contributed by atoms with van der Waals surface area (Å²) in [5, 5.41) is 8.71. The van der Waals surface area contributed by atoms with Gasteiger partial charge in [0.25, 0.3) is 11.8 Å². The highest BCUT2D eigenvalue weighted by Gasteiger charge is 2.21. The van der Waals surface area contributed by atoms with Gasteiger partial charge in [-0.05, 0) is 67.6 Å². The maximum atomic E-state index is 12.8. The van der Waals surface area contributed by atoms with Gasteiger partial charge in [-0.2, -0.15) is 0 Å². The molecule has 0 bridgehead atoms. The molecule has 0 unspecified atom stereocenters. The number of likely N-dealkylation sites (tertiary alicyclic amines) is 1. The Bertz CT molecular complexity index is 969. The number of rotatable bonds is 10. The molecule has 8 heteroatoms. The molecule has 1 fully saturated rings. The summed E-state index contributed by atoms with van der Waals surface area (Å²) in [6.07, 6.45) is 2.81. The Morgan fingerprint density at radius 3 is 2.44 bits per heavy atom. The lowest BCUT2D eigenvalue weighted by Crippen LogP contribution is -2.37. The number of hydrogen-bond donors (Lipinski definition) is 3. The average molecular weight is 467 g/mol. The molecular formula is C26H34N4O4. The maximum absolute atomic E-state index is 12.8. The van der Waals surface area contributed by atoms with E-state index >= 15 is 0 Å². The Labute approximate surface area is 201 Å². The molecule has 0 aromatic heterocycles. The molecular weight excluding hydrogens is 432 g/mol. The van der Waals surface area contributed by atoms with E-state index in [9.17, 15) is 14.4 Å². The van der Waals surface area contributed by atoms with Gasteiger partial charge >= 0.3 is 0 Å². The predicted molar refractivity (Wildman–Crippen MR) is 133 cm³/mol. The van der Waals surface area contributed by atoms with Crippen molar-refractivity contribution in [2.75, 3.05) is 50.5 Å². The normalized spacial score (nSPS) is 13.9. The van der Waals surface area contributed by atoms with Gasteiger partial charge in [0.15, 0.2) is 0 Å². The summed E-state index contributed by atoms with van der Waals surface area (Å²) >= 11 is 0. The van der Waals surface area contributed by atoms with E-state index in [1.54, 1.807) is 43.5 Å². The Morgan fingerprint density at radius 2 is 1.74 bits per heavy atom. The van der Waals surface area contributed by atoms with Crippen molar-refractivity contribution in [2.24, 2.45) is 5.92 Å². The van der Waals surface area contributed by atoms with Crippen molar-refractivity contribution >= 4 is 29.1 Å². The molecule has 1 aliphatic rings. The quantitative estimate of drug-likeness (QED) is 0.466. The molecule has 8 nitrogen and oxygen atoms in total. The molecule has 1 aliphatic heterocycles. The van der Waals surface area contributed by atoms with Crippen LogP contribution in [-0.2, 0) is 9.53 Å². The molecule has 0 atom stereocenters. The van der Waals surface area contributed by atoms with Crippen LogP contribution >= 0.6 is 0 Å². The SMILES string of the molecule is COCCCNC(=O)c1ccc(NC(=O)CNc2cccc(C(=O)N3CCC(C)CC3)c2)cc1. The zero-order valence-corrected chi connectivity index (χ0v) is 19.9. The maximum Gasteiger partial charge on any atom is 0.253 e. The van der Waals surface area contributed by atoms with Crippen molar-refractivity contribution in [3.05, 3.63) is 59.7 Å². The monoisotopic (exact) mass is 466 g/mol. The molecule has 0 spiro atoms. The minimum absolute atomic E-state index is 0.0304. The summed E-state index contributed by atoms with van der Waals surface area (Å²) in [4.78, 5) is 39.2. The van der Waals surface area contributed by atoms with Crippen LogP contribution in [0.4, 0.5) is 11.4 Å². The fraction of sp³-hybridized carbons (Fsp3) is 0.423. The topological polar surface area (TPSA) is 99.8 Å². The van der Waals surface area contributed by atoms with Crippen molar-refractivity contribution in [2.45, 2.75) is 26.2 Å². The van der Waals surface area contributed by atoms with E-state index in [0.717, 1.165) is 32.4 Å².